The number of halogens is 1. The molecule has 0 saturated carbocycles. The van der Waals surface area contributed by atoms with E-state index < -0.39 is 6.04 Å². The molecule has 0 aliphatic carbocycles. The highest BCUT2D eigenvalue weighted by atomic mass is 35.5. The summed E-state index contributed by atoms with van der Waals surface area (Å²) in [5.41, 5.74) is 1.43. The van der Waals surface area contributed by atoms with Gasteiger partial charge in [0.2, 0.25) is 0 Å². The lowest BCUT2D eigenvalue weighted by atomic mass is 9.91. The maximum atomic E-state index is 13.5. The van der Waals surface area contributed by atoms with E-state index in [0.717, 1.165) is 5.56 Å². The molecule has 0 amide bonds. The number of hydrogen-bond acceptors (Lipinski definition) is 6. The Balaban J connectivity index is 2.04. The van der Waals surface area contributed by atoms with Crippen LogP contribution in [-0.2, 0) is 20.8 Å². The molecule has 1 aliphatic rings. The van der Waals surface area contributed by atoms with Crippen molar-refractivity contribution < 1.29 is 19.4 Å². The fraction of sp³-hybridized carbons (Fsp3) is 0.500. The molecule has 0 spiro atoms. The number of aromatic hydroxyl groups is 1. The first-order valence-electron chi connectivity index (χ1n) is 11.0. The first kappa shape index (κ1) is 24.3. The molecule has 1 saturated heterocycles. The van der Waals surface area contributed by atoms with Gasteiger partial charge in [-0.25, -0.2) is 0 Å². The SMILES string of the molecule is CCOC(=O)C1CCN([C@@H](c2ccccc2Cl)c2c(O)cc(C)n(CCOC)c2=O)CC1. The van der Waals surface area contributed by atoms with E-state index in [0.29, 0.717) is 56.4 Å². The summed E-state index contributed by atoms with van der Waals surface area (Å²) in [6, 6.07) is 8.44. The van der Waals surface area contributed by atoms with E-state index >= 15 is 0 Å². The standard InChI is InChI=1S/C24H31ClN2O5/c1-4-32-24(30)17-9-11-26(12-10-17)22(18-7-5-6-8-19(18)25)21-20(28)15-16(2)27(23(21)29)13-14-31-3/h5-8,15,17,22,28H,4,9-14H2,1-3H3/t22-/m0/s1. The van der Waals surface area contributed by atoms with Gasteiger partial charge in [-0.05, 0) is 57.5 Å². The van der Waals surface area contributed by atoms with Gasteiger partial charge in [0.1, 0.15) is 5.75 Å². The summed E-state index contributed by atoms with van der Waals surface area (Å²) in [7, 11) is 1.59. The predicted molar refractivity (Wildman–Crippen MR) is 123 cm³/mol. The molecule has 1 aromatic carbocycles. The Bertz CT molecular complexity index is 998. The van der Waals surface area contributed by atoms with Gasteiger partial charge in [0, 0.05) is 24.4 Å². The van der Waals surface area contributed by atoms with Gasteiger partial charge in [-0.1, -0.05) is 29.8 Å². The maximum Gasteiger partial charge on any atom is 0.309 e. The molecule has 0 radical (unpaired) electrons. The average Bonchev–Trinajstić information content (AvgIpc) is 2.77. The topological polar surface area (TPSA) is 81.0 Å². The molecule has 2 heterocycles. The van der Waals surface area contributed by atoms with Crippen LogP contribution in [0.4, 0.5) is 0 Å². The molecule has 1 aromatic heterocycles. The summed E-state index contributed by atoms with van der Waals surface area (Å²) < 4.78 is 12.0. The summed E-state index contributed by atoms with van der Waals surface area (Å²) in [5.74, 6) is -0.400. The van der Waals surface area contributed by atoms with Crippen LogP contribution >= 0.6 is 11.6 Å². The first-order valence-corrected chi connectivity index (χ1v) is 11.3. The molecule has 7 nitrogen and oxygen atoms in total. The summed E-state index contributed by atoms with van der Waals surface area (Å²) in [6.07, 6.45) is 1.23. The van der Waals surface area contributed by atoms with Gasteiger partial charge in [0.05, 0.1) is 30.7 Å². The molecule has 1 aliphatic heterocycles. The Morgan fingerprint density at radius 2 is 1.97 bits per heavy atom. The third kappa shape index (κ3) is 5.17. The monoisotopic (exact) mass is 462 g/mol. The molecule has 1 fully saturated rings. The van der Waals surface area contributed by atoms with E-state index in [9.17, 15) is 14.7 Å². The number of esters is 1. The number of benzene rings is 1. The van der Waals surface area contributed by atoms with E-state index in [4.69, 9.17) is 21.1 Å². The zero-order valence-corrected chi connectivity index (χ0v) is 19.6. The molecule has 2 aromatic rings. The number of hydrogen-bond donors (Lipinski definition) is 1. The van der Waals surface area contributed by atoms with Crippen molar-refractivity contribution in [1.29, 1.82) is 0 Å². The Labute approximate surface area is 193 Å². The van der Waals surface area contributed by atoms with Crippen LogP contribution in [0, 0.1) is 12.8 Å². The second-order valence-corrected chi connectivity index (χ2v) is 8.43. The molecule has 174 valence electrons. The number of nitrogens with zero attached hydrogens (tertiary/aromatic N) is 2. The van der Waals surface area contributed by atoms with Crippen LogP contribution in [0.3, 0.4) is 0 Å². The lowest BCUT2D eigenvalue weighted by molar-refractivity contribution is -0.149. The largest absolute Gasteiger partial charge is 0.507 e. The van der Waals surface area contributed by atoms with Crippen LogP contribution in [0.25, 0.3) is 0 Å². The van der Waals surface area contributed by atoms with Crippen molar-refractivity contribution in [3.63, 3.8) is 0 Å². The molecule has 0 unspecified atom stereocenters. The van der Waals surface area contributed by atoms with Gasteiger partial charge in [0.15, 0.2) is 0 Å². The number of rotatable bonds is 8. The summed E-state index contributed by atoms with van der Waals surface area (Å²) in [6.45, 7) is 5.86. The van der Waals surface area contributed by atoms with Gasteiger partial charge in [-0.3, -0.25) is 14.5 Å². The average molecular weight is 463 g/mol. The molecule has 3 rings (SSSR count). The van der Waals surface area contributed by atoms with Crippen LogP contribution in [0.2, 0.25) is 5.02 Å². The highest BCUT2D eigenvalue weighted by Crippen LogP contribution is 2.38. The minimum Gasteiger partial charge on any atom is -0.507 e. The number of likely N-dealkylation sites (tertiary alicyclic amines) is 1. The minimum absolute atomic E-state index is 0.0568. The molecule has 1 N–H and O–H groups in total. The predicted octanol–water partition coefficient (Wildman–Crippen LogP) is 3.53. The van der Waals surface area contributed by atoms with Crippen LogP contribution in [0.15, 0.2) is 35.1 Å². The van der Waals surface area contributed by atoms with Crippen molar-refractivity contribution >= 4 is 17.6 Å². The molecule has 8 heteroatoms. The summed E-state index contributed by atoms with van der Waals surface area (Å²) >= 11 is 6.56. The van der Waals surface area contributed by atoms with Gasteiger partial charge in [-0.2, -0.15) is 0 Å². The van der Waals surface area contributed by atoms with Crippen molar-refractivity contribution in [2.45, 2.75) is 39.3 Å². The number of methoxy groups -OCH3 is 1. The lowest BCUT2D eigenvalue weighted by Crippen LogP contribution is -2.42. The number of aryl methyl sites for hydroxylation is 1. The fourth-order valence-electron chi connectivity index (χ4n) is 4.37. The summed E-state index contributed by atoms with van der Waals surface area (Å²) in [5, 5.41) is 11.4. The second kappa shape index (κ2) is 11.0. The maximum absolute atomic E-state index is 13.5. The Morgan fingerprint density at radius 3 is 2.59 bits per heavy atom. The number of carbonyl (C=O) groups excluding carboxylic acids is 1. The Morgan fingerprint density at radius 1 is 1.28 bits per heavy atom. The highest BCUT2D eigenvalue weighted by molar-refractivity contribution is 6.31. The molecular weight excluding hydrogens is 432 g/mol. The molecule has 1 atom stereocenters. The van der Waals surface area contributed by atoms with Crippen molar-refractivity contribution in [3.05, 3.63) is 62.5 Å². The zero-order chi connectivity index (χ0) is 23.3. The highest BCUT2D eigenvalue weighted by Gasteiger charge is 2.34. The van der Waals surface area contributed by atoms with Crippen LogP contribution in [0.1, 0.15) is 42.6 Å². The first-order chi connectivity index (χ1) is 15.4. The van der Waals surface area contributed by atoms with E-state index in [1.807, 2.05) is 18.2 Å². The number of piperidine rings is 1. The number of ether oxygens (including phenoxy) is 2. The lowest BCUT2D eigenvalue weighted by Gasteiger charge is -2.37. The Hall–Kier alpha value is -2.35. The second-order valence-electron chi connectivity index (χ2n) is 8.02. The van der Waals surface area contributed by atoms with Crippen molar-refractivity contribution in [3.8, 4) is 5.75 Å². The molecule has 32 heavy (non-hydrogen) atoms. The third-order valence-electron chi connectivity index (χ3n) is 6.03. The fourth-order valence-corrected chi connectivity index (χ4v) is 4.61. The zero-order valence-electron chi connectivity index (χ0n) is 18.8. The van der Waals surface area contributed by atoms with E-state index in [1.54, 1.807) is 37.7 Å². The number of carbonyl (C=O) groups is 1. The van der Waals surface area contributed by atoms with E-state index in [-0.39, 0.29) is 28.8 Å². The van der Waals surface area contributed by atoms with Gasteiger partial charge in [-0.15, -0.1) is 0 Å². The Kier molecular flexibility index (Phi) is 8.34. The van der Waals surface area contributed by atoms with Crippen LogP contribution < -0.4 is 5.56 Å². The smallest absolute Gasteiger partial charge is 0.309 e. The quantitative estimate of drug-likeness (QED) is 0.604. The van der Waals surface area contributed by atoms with Crippen molar-refractivity contribution in [2.75, 3.05) is 33.4 Å². The molecular formula is C24H31ClN2O5. The minimum atomic E-state index is -0.534. The number of pyridine rings is 1. The van der Waals surface area contributed by atoms with E-state index in [2.05, 4.69) is 4.90 Å². The third-order valence-corrected chi connectivity index (χ3v) is 6.37. The van der Waals surface area contributed by atoms with Crippen molar-refractivity contribution in [1.82, 2.24) is 9.47 Å². The van der Waals surface area contributed by atoms with E-state index in [1.165, 1.54) is 0 Å². The van der Waals surface area contributed by atoms with Gasteiger partial charge >= 0.3 is 5.97 Å². The van der Waals surface area contributed by atoms with Crippen molar-refractivity contribution in [2.24, 2.45) is 5.92 Å². The normalized spacial score (nSPS) is 16.1. The number of aromatic nitrogens is 1. The van der Waals surface area contributed by atoms with Crippen LogP contribution in [0.5, 0.6) is 5.75 Å². The summed E-state index contributed by atoms with van der Waals surface area (Å²) in [4.78, 5) is 27.9. The van der Waals surface area contributed by atoms with Gasteiger partial charge < -0.3 is 19.1 Å². The molecule has 0 bridgehead atoms. The van der Waals surface area contributed by atoms with Crippen LogP contribution in [-0.4, -0.2) is 54.0 Å². The van der Waals surface area contributed by atoms with Gasteiger partial charge in [0.25, 0.3) is 5.56 Å².